The van der Waals surface area contributed by atoms with E-state index in [1.165, 1.54) is 0 Å². The Morgan fingerprint density at radius 1 is 1.17 bits per heavy atom. The fraction of sp³-hybridized carbons (Fsp3) is 0.412. The molecule has 0 unspecified atom stereocenters. The number of benzene rings is 1. The number of anilines is 3. The minimum atomic E-state index is 0.728. The minimum absolute atomic E-state index is 0.728. The summed E-state index contributed by atoms with van der Waals surface area (Å²) in [5.74, 6) is 1.57. The number of hydrogen-bond donors (Lipinski definition) is 2. The molecule has 0 aliphatic carbocycles. The maximum atomic E-state index is 5.99. The molecule has 1 aromatic heterocycles. The van der Waals surface area contributed by atoms with Crippen molar-refractivity contribution in [1.82, 2.24) is 14.9 Å². The van der Waals surface area contributed by atoms with Crippen LogP contribution in [0.15, 0.2) is 30.6 Å². The van der Waals surface area contributed by atoms with Gasteiger partial charge in [0.1, 0.15) is 18.0 Å². The fourth-order valence-corrected chi connectivity index (χ4v) is 2.82. The first-order chi connectivity index (χ1) is 11.7. The second-order valence-corrected chi connectivity index (χ2v) is 6.19. The summed E-state index contributed by atoms with van der Waals surface area (Å²) in [6.45, 7) is 7.46. The number of nitrogens with zero attached hydrogens (tertiary/aromatic N) is 3. The molecule has 0 bridgehead atoms. The van der Waals surface area contributed by atoms with Crippen LogP contribution in [0.25, 0.3) is 0 Å². The number of rotatable bonds is 6. The van der Waals surface area contributed by atoms with E-state index in [2.05, 4.69) is 25.5 Å². The van der Waals surface area contributed by atoms with Crippen LogP contribution in [0.5, 0.6) is 0 Å². The van der Waals surface area contributed by atoms with Crippen molar-refractivity contribution in [1.29, 1.82) is 0 Å². The van der Waals surface area contributed by atoms with Crippen molar-refractivity contribution in [3.8, 4) is 0 Å². The highest BCUT2D eigenvalue weighted by molar-refractivity contribution is 6.30. The molecule has 1 aliphatic rings. The van der Waals surface area contributed by atoms with Gasteiger partial charge < -0.3 is 15.4 Å². The summed E-state index contributed by atoms with van der Waals surface area (Å²) in [6.07, 6.45) is 1.56. The molecule has 2 aromatic rings. The lowest BCUT2D eigenvalue weighted by Crippen LogP contribution is -2.39. The molecule has 3 rings (SSSR count). The van der Waals surface area contributed by atoms with Gasteiger partial charge in [-0.05, 0) is 30.7 Å². The number of morpholine rings is 1. The summed E-state index contributed by atoms with van der Waals surface area (Å²) in [5, 5.41) is 7.38. The van der Waals surface area contributed by atoms with Gasteiger partial charge >= 0.3 is 0 Å². The van der Waals surface area contributed by atoms with Crippen LogP contribution in [-0.4, -0.2) is 54.3 Å². The van der Waals surface area contributed by atoms with E-state index < -0.39 is 0 Å². The monoisotopic (exact) mass is 347 g/mol. The Kier molecular flexibility index (Phi) is 5.85. The molecule has 2 heterocycles. The maximum absolute atomic E-state index is 5.99. The molecule has 6 nitrogen and oxygen atoms in total. The molecule has 0 radical (unpaired) electrons. The van der Waals surface area contributed by atoms with E-state index in [1.807, 2.05) is 31.2 Å². The molecule has 1 saturated heterocycles. The van der Waals surface area contributed by atoms with Crippen molar-refractivity contribution < 1.29 is 4.74 Å². The van der Waals surface area contributed by atoms with Crippen LogP contribution >= 0.6 is 11.6 Å². The normalized spacial score (nSPS) is 15.2. The van der Waals surface area contributed by atoms with Crippen LogP contribution in [0.2, 0.25) is 5.02 Å². The molecule has 24 heavy (non-hydrogen) atoms. The zero-order chi connectivity index (χ0) is 16.8. The molecule has 1 fully saturated rings. The largest absolute Gasteiger partial charge is 0.379 e. The second-order valence-electron chi connectivity index (χ2n) is 5.75. The van der Waals surface area contributed by atoms with Gasteiger partial charge in [0.2, 0.25) is 0 Å². The van der Waals surface area contributed by atoms with E-state index >= 15 is 0 Å². The summed E-state index contributed by atoms with van der Waals surface area (Å²) in [6, 6.07) is 7.64. The number of ether oxygens (including phenoxy) is 1. The molecular weight excluding hydrogens is 326 g/mol. The predicted octanol–water partition coefficient (Wildman–Crippen LogP) is 2.93. The van der Waals surface area contributed by atoms with Crippen LogP contribution in [-0.2, 0) is 4.74 Å². The summed E-state index contributed by atoms with van der Waals surface area (Å²) in [4.78, 5) is 10.9. The maximum Gasteiger partial charge on any atom is 0.135 e. The number of nitrogens with one attached hydrogen (secondary N) is 2. The third kappa shape index (κ3) is 4.80. The van der Waals surface area contributed by atoms with Gasteiger partial charge in [-0.3, -0.25) is 4.90 Å². The Labute approximate surface area is 147 Å². The molecule has 0 amide bonds. The average Bonchev–Trinajstić information content (AvgIpc) is 2.59. The number of halogens is 1. The third-order valence-electron chi connectivity index (χ3n) is 3.96. The van der Waals surface area contributed by atoms with E-state index in [0.29, 0.717) is 0 Å². The lowest BCUT2D eigenvalue weighted by Gasteiger charge is -2.26. The first kappa shape index (κ1) is 17.0. The van der Waals surface area contributed by atoms with Gasteiger partial charge in [0.25, 0.3) is 0 Å². The SMILES string of the molecule is Cc1cc(Cl)ccc1Nc1cc(NCCN2CCOCC2)ncn1. The van der Waals surface area contributed by atoms with Crippen molar-refractivity contribution in [2.75, 3.05) is 50.0 Å². The standard InChI is InChI=1S/C17H22ClN5O/c1-13-10-14(18)2-3-15(13)22-17-11-16(20-12-21-17)19-4-5-23-6-8-24-9-7-23/h2-3,10-12H,4-9H2,1H3,(H2,19,20,21,22). The summed E-state index contributed by atoms with van der Waals surface area (Å²) in [5.41, 5.74) is 2.06. The van der Waals surface area contributed by atoms with Gasteiger partial charge in [0, 0.05) is 43.0 Å². The summed E-state index contributed by atoms with van der Waals surface area (Å²) >= 11 is 5.99. The molecule has 0 spiro atoms. The fourth-order valence-electron chi connectivity index (χ4n) is 2.59. The average molecular weight is 348 g/mol. The van der Waals surface area contributed by atoms with Crippen molar-refractivity contribution in [2.45, 2.75) is 6.92 Å². The number of hydrogen-bond acceptors (Lipinski definition) is 6. The van der Waals surface area contributed by atoms with E-state index in [4.69, 9.17) is 16.3 Å². The Morgan fingerprint density at radius 2 is 1.96 bits per heavy atom. The predicted molar refractivity (Wildman–Crippen MR) is 97.3 cm³/mol. The highest BCUT2D eigenvalue weighted by Gasteiger charge is 2.09. The van der Waals surface area contributed by atoms with Crippen LogP contribution in [0, 0.1) is 6.92 Å². The van der Waals surface area contributed by atoms with Crippen LogP contribution < -0.4 is 10.6 Å². The van der Waals surface area contributed by atoms with Crippen LogP contribution in [0.1, 0.15) is 5.56 Å². The van der Waals surface area contributed by atoms with Gasteiger partial charge in [0.15, 0.2) is 0 Å². The second kappa shape index (κ2) is 8.28. The Balaban J connectivity index is 1.55. The van der Waals surface area contributed by atoms with Gasteiger partial charge in [-0.2, -0.15) is 0 Å². The first-order valence-corrected chi connectivity index (χ1v) is 8.48. The van der Waals surface area contributed by atoms with Gasteiger partial charge in [0.05, 0.1) is 13.2 Å². The highest BCUT2D eigenvalue weighted by Crippen LogP contribution is 2.23. The molecule has 1 aromatic carbocycles. The number of aromatic nitrogens is 2. The molecule has 0 atom stereocenters. The van der Waals surface area contributed by atoms with Gasteiger partial charge in [-0.1, -0.05) is 11.6 Å². The lowest BCUT2D eigenvalue weighted by molar-refractivity contribution is 0.0398. The molecule has 128 valence electrons. The highest BCUT2D eigenvalue weighted by atomic mass is 35.5. The molecule has 2 N–H and O–H groups in total. The quantitative estimate of drug-likeness (QED) is 0.837. The van der Waals surface area contributed by atoms with Crippen LogP contribution in [0.4, 0.5) is 17.3 Å². The minimum Gasteiger partial charge on any atom is -0.379 e. The molecule has 1 aliphatic heterocycles. The Bertz CT molecular complexity index is 676. The Hall–Kier alpha value is -1.89. The van der Waals surface area contributed by atoms with E-state index in [1.54, 1.807) is 6.33 Å². The lowest BCUT2D eigenvalue weighted by atomic mass is 10.2. The van der Waals surface area contributed by atoms with E-state index in [9.17, 15) is 0 Å². The van der Waals surface area contributed by atoms with Crippen molar-refractivity contribution in [2.24, 2.45) is 0 Å². The van der Waals surface area contributed by atoms with Crippen molar-refractivity contribution in [3.63, 3.8) is 0 Å². The van der Waals surface area contributed by atoms with Gasteiger partial charge in [-0.15, -0.1) is 0 Å². The third-order valence-corrected chi connectivity index (χ3v) is 4.19. The zero-order valence-electron chi connectivity index (χ0n) is 13.8. The molecule has 7 heteroatoms. The van der Waals surface area contributed by atoms with E-state index in [0.717, 1.165) is 67.3 Å². The smallest absolute Gasteiger partial charge is 0.135 e. The summed E-state index contributed by atoms with van der Waals surface area (Å²) in [7, 11) is 0. The Morgan fingerprint density at radius 3 is 2.75 bits per heavy atom. The molecular formula is C17H22ClN5O. The molecule has 0 saturated carbocycles. The zero-order valence-corrected chi connectivity index (χ0v) is 14.5. The van der Waals surface area contributed by atoms with Crippen LogP contribution in [0.3, 0.4) is 0 Å². The summed E-state index contributed by atoms with van der Waals surface area (Å²) < 4.78 is 5.35. The van der Waals surface area contributed by atoms with Crippen molar-refractivity contribution >= 4 is 28.9 Å². The number of aryl methyl sites for hydroxylation is 1. The topological polar surface area (TPSA) is 62.3 Å². The van der Waals surface area contributed by atoms with E-state index in [-0.39, 0.29) is 0 Å². The van der Waals surface area contributed by atoms with Gasteiger partial charge in [-0.25, -0.2) is 9.97 Å². The van der Waals surface area contributed by atoms with Crippen molar-refractivity contribution in [3.05, 3.63) is 41.2 Å². The first-order valence-electron chi connectivity index (χ1n) is 8.10.